The number of hydrogen-bond donors (Lipinski definition) is 3. The summed E-state index contributed by atoms with van der Waals surface area (Å²) in [6, 6.07) is 5.89. The fourth-order valence-electron chi connectivity index (χ4n) is 2.90. The van der Waals surface area contributed by atoms with Crippen molar-refractivity contribution in [3.05, 3.63) is 29.8 Å². The lowest BCUT2D eigenvalue weighted by Gasteiger charge is -2.37. The van der Waals surface area contributed by atoms with Crippen molar-refractivity contribution < 1.29 is 17.9 Å². The van der Waals surface area contributed by atoms with Crippen molar-refractivity contribution in [1.82, 2.24) is 15.4 Å². The zero-order chi connectivity index (χ0) is 17.6. The van der Waals surface area contributed by atoms with Crippen molar-refractivity contribution in [2.24, 2.45) is 5.41 Å². The van der Waals surface area contributed by atoms with Crippen molar-refractivity contribution in [1.29, 1.82) is 0 Å². The molecule has 2 rings (SSSR count). The highest BCUT2D eigenvalue weighted by molar-refractivity contribution is 7.89. The SMILES string of the molecule is CNC(=O)c1ccc(S(=O)(=O)NCC2(COC)CCNCC2)cc1.Cl. The fourth-order valence-corrected chi connectivity index (χ4v) is 4.05. The first-order chi connectivity index (χ1) is 11.4. The molecule has 9 heteroatoms. The van der Waals surface area contributed by atoms with Gasteiger partial charge in [-0.1, -0.05) is 0 Å². The van der Waals surface area contributed by atoms with Crippen LogP contribution in [0.5, 0.6) is 0 Å². The van der Waals surface area contributed by atoms with Crippen molar-refractivity contribution in [2.45, 2.75) is 17.7 Å². The van der Waals surface area contributed by atoms with E-state index in [1.165, 1.54) is 31.3 Å². The molecule has 1 aromatic carbocycles. The molecule has 0 unspecified atom stereocenters. The minimum atomic E-state index is -3.62. The van der Waals surface area contributed by atoms with Crippen LogP contribution in [0.3, 0.4) is 0 Å². The summed E-state index contributed by atoms with van der Waals surface area (Å²) < 4.78 is 33.0. The topological polar surface area (TPSA) is 96.5 Å². The Morgan fingerprint density at radius 1 is 1.24 bits per heavy atom. The molecule has 0 aromatic heterocycles. The highest BCUT2D eigenvalue weighted by Crippen LogP contribution is 2.28. The first-order valence-corrected chi connectivity index (χ1v) is 9.42. The van der Waals surface area contributed by atoms with Gasteiger partial charge in [-0.25, -0.2) is 13.1 Å². The third kappa shape index (κ3) is 5.65. The van der Waals surface area contributed by atoms with Crippen LogP contribution >= 0.6 is 12.4 Å². The zero-order valence-corrected chi connectivity index (χ0v) is 16.1. The van der Waals surface area contributed by atoms with E-state index >= 15 is 0 Å². The molecule has 1 amide bonds. The van der Waals surface area contributed by atoms with Crippen molar-refractivity contribution in [3.63, 3.8) is 0 Å². The van der Waals surface area contributed by atoms with E-state index in [-0.39, 0.29) is 28.6 Å². The second kappa shape index (κ2) is 9.49. The molecule has 142 valence electrons. The average Bonchev–Trinajstić information content (AvgIpc) is 2.61. The molecule has 25 heavy (non-hydrogen) atoms. The number of carbonyl (C=O) groups is 1. The molecule has 0 aliphatic carbocycles. The summed E-state index contributed by atoms with van der Waals surface area (Å²) in [6.45, 7) is 2.56. The second-order valence-electron chi connectivity index (χ2n) is 6.11. The number of hydrogen-bond acceptors (Lipinski definition) is 5. The Balaban J connectivity index is 0.00000312. The van der Waals surface area contributed by atoms with E-state index < -0.39 is 10.0 Å². The first-order valence-electron chi connectivity index (χ1n) is 7.94. The maximum atomic E-state index is 12.5. The highest BCUT2D eigenvalue weighted by Gasteiger charge is 2.33. The number of piperidine rings is 1. The van der Waals surface area contributed by atoms with Crippen LogP contribution in [0, 0.1) is 5.41 Å². The lowest BCUT2D eigenvalue weighted by molar-refractivity contribution is 0.0577. The molecule has 1 saturated heterocycles. The average molecular weight is 392 g/mol. The van der Waals surface area contributed by atoms with Gasteiger partial charge in [0.1, 0.15) is 0 Å². The van der Waals surface area contributed by atoms with Gasteiger partial charge >= 0.3 is 0 Å². The number of rotatable bonds is 7. The van der Waals surface area contributed by atoms with E-state index in [1.807, 2.05) is 0 Å². The molecular formula is C16H26ClN3O4S. The van der Waals surface area contributed by atoms with E-state index in [4.69, 9.17) is 4.74 Å². The number of amides is 1. The highest BCUT2D eigenvalue weighted by atomic mass is 35.5. The van der Waals surface area contributed by atoms with Gasteiger partial charge in [-0.05, 0) is 50.2 Å². The van der Waals surface area contributed by atoms with Gasteiger partial charge in [0.2, 0.25) is 10.0 Å². The summed E-state index contributed by atoms with van der Waals surface area (Å²) in [6.07, 6.45) is 1.72. The van der Waals surface area contributed by atoms with Crippen LogP contribution in [0.2, 0.25) is 0 Å². The zero-order valence-electron chi connectivity index (χ0n) is 14.5. The van der Waals surface area contributed by atoms with Crippen LogP contribution < -0.4 is 15.4 Å². The Morgan fingerprint density at radius 3 is 2.36 bits per heavy atom. The smallest absolute Gasteiger partial charge is 0.251 e. The molecule has 0 bridgehead atoms. The summed E-state index contributed by atoms with van der Waals surface area (Å²) in [5, 5.41) is 5.78. The number of ether oxygens (including phenoxy) is 1. The van der Waals surface area contributed by atoms with Crippen LogP contribution in [-0.4, -0.2) is 54.7 Å². The van der Waals surface area contributed by atoms with Gasteiger partial charge in [-0.3, -0.25) is 4.79 Å². The van der Waals surface area contributed by atoms with E-state index in [0.717, 1.165) is 25.9 Å². The molecular weight excluding hydrogens is 366 g/mol. The van der Waals surface area contributed by atoms with Gasteiger partial charge in [0.05, 0.1) is 11.5 Å². The molecule has 1 aliphatic heterocycles. The van der Waals surface area contributed by atoms with E-state index in [9.17, 15) is 13.2 Å². The summed E-state index contributed by atoms with van der Waals surface area (Å²) in [4.78, 5) is 11.7. The number of carbonyl (C=O) groups excluding carboxylic acids is 1. The lowest BCUT2D eigenvalue weighted by Crippen LogP contribution is -2.47. The summed E-state index contributed by atoms with van der Waals surface area (Å²) in [5.74, 6) is -0.249. The van der Waals surface area contributed by atoms with Gasteiger partial charge in [-0.2, -0.15) is 0 Å². The number of sulfonamides is 1. The predicted octanol–water partition coefficient (Wildman–Crippen LogP) is 0.763. The fraction of sp³-hybridized carbons (Fsp3) is 0.562. The molecule has 1 fully saturated rings. The number of nitrogens with one attached hydrogen (secondary N) is 3. The second-order valence-corrected chi connectivity index (χ2v) is 7.88. The lowest BCUT2D eigenvalue weighted by atomic mass is 9.80. The molecule has 0 spiro atoms. The van der Waals surface area contributed by atoms with Crippen LogP contribution in [0.4, 0.5) is 0 Å². The van der Waals surface area contributed by atoms with Gasteiger partial charge < -0.3 is 15.4 Å². The summed E-state index contributed by atoms with van der Waals surface area (Å²) in [7, 11) is -0.458. The van der Waals surface area contributed by atoms with Gasteiger partial charge in [0, 0.05) is 31.7 Å². The Kier molecular flexibility index (Phi) is 8.30. The molecule has 0 saturated carbocycles. The maximum absolute atomic E-state index is 12.5. The van der Waals surface area contributed by atoms with Crippen molar-refractivity contribution in [2.75, 3.05) is 40.4 Å². The minimum absolute atomic E-state index is 0. The van der Waals surface area contributed by atoms with Gasteiger partial charge in [0.25, 0.3) is 5.91 Å². The Bertz CT molecular complexity index is 653. The molecule has 1 heterocycles. The van der Waals surface area contributed by atoms with E-state index in [0.29, 0.717) is 18.7 Å². The van der Waals surface area contributed by atoms with E-state index in [1.54, 1.807) is 7.11 Å². The monoisotopic (exact) mass is 391 g/mol. The third-order valence-corrected chi connectivity index (χ3v) is 5.82. The normalized spacial score (nSPS) is 16.7. The largest absolute Gasteiger partial charge is 0.384 e. The van der Waals surface area contributed by atoms with Crippen LogP contribution in [0.1, 0.15) is 23.2 Å². The molecule has 0 atom stereocenters. The summed E-state index contributed by atoms with van der Waals surface area (Å²) in [5.41, 5.74) is 0.236. The first kappa shape index (κ1) is 21.9. The van der Waals surface area contributed by atoms with Gasteiger partial charge in [0.15, 0.2) is 0 Å². The Labute approximate surface area is 155 Å². The molecule has 1 aromatic rings. The van der Waals surface area contributed by atoms with Crippen LogP contribution in [0.15, 0.2) is 29.2 Å². The molecule has 1 aliphatic rings. The van der Waals surface area contributed by atoms with Crippen LogP contribution in [0.25, 0.3) is 0 Å². The number of benzene rings is 1. The number of methoxy groups -OCH3 is 1. The third-order valence-electron chi connectivity index (χ3n) is 4.41. The summed E-state index contributed by atoms with van der Waals surface area (Å²) >= 11 is 0. The standard InChI is InChI=1S/C16H25N3O4S.ClH/c1-17-15(20)13-3-5-14(6-4-13)24(21,22)19-11-16(12-23-2)7-9-18-10-8-16;/h3-6,18-19H,7-12H2,1-2H3,(H,17,20);1H. The molecule has 3 N–H and O–H groups in total. The number of halogens is 1. The van der Waals surface area contributed by atoms with E-state index in [2.05, 4.69) is 15.4 Å². The van der Waals surface area contributed by atoms with Crippen molar-refractivity contribution >= 4 is 28.3 Å². The molecule has 7 nitrogen and oxygen atoms in total. The molecule has 0 radical (unpaired) electrons. The van der Waals surface area contributed by atoms with Gasteiger partial charge in [-0.15, -0.1) is 12.4 Å². The Morgan fingerprint density at radius 2 is 1.84 bits per heavy atom. The minimum Gasteiger partial charge on any atom is -0.384 e. The Hall–Kier alpha value is -1.19. The maximum Gasteiger partial charge on any atom is 0.251 e. The van der Waals surface area contributed by atoms with Crippen LogP contribution in [-0.2, 0) is 14.8 Å². The predicted molar refractivity (Wildman–Crippen MR) is 98.7 cm³/mol. The quantitative estimate of drug-likeness (QED) is 0.637. The van der Waals surface area contributed by atoms with Crippen molar-refractivity contribution in [3.8, 4) is 0 Å².